The van der Waals surface area contributed by atoms with Crippen molar-refractivity contribution in [2.24, 2.45) is 10.9 Å². The Hall–Kier alpha value is -2.27. The molecule has 0 spiro atoms. The van der Waals surface area contributed by atoms with Gasteiger partial charge in [-0.2, -0.15) is 0 Å². The van der Waals surface area contributed by atoms with E-state index in [1.807, 2.05) is 37.3 Å². The summed E-state index contributed by atoms with van der Waals surface area (Å²) in [6.45, 7) is 3.43. The molecule has 5 heteroatoms. The topological polar surface area (TPSA) is 83.8 Å². The van der Waals surface area contributed by atoms with E-state index in [1.165, 1.54) is 5.56 Å². The molecule has 2 rings (SSSR count). The van der Waals surface area contributed by atoms with E-state index in [0.717, 1.165) is 23.4 Å². The summed E-state index contributed by atoms with van der Waals surface area (Å²) in [5.74, 6) is 1.03. The first-order chi connectivity index (χ1) is 9.20. The van der Waals surface area contributed by atoms with E-state index in [4.69, 9.17) is 15.4 Å². The van der Waals surface area contributed by atoms with Gasteiger partial charge in [0.1, 0.15) is 5.76 Å². The number of aryl methyl sites for hydroxylation is 1. The number of rotatable bonds is 5. The summed E-state index contributed by atoms with van der Waals surface area (Å²) >= 11 is 0. The molecular formula is C14H17N3O2. The summed E-state index contributed by atoms with van der Waals surface area (Å²) in [5.41, 5.74) is 8.53. The monoisotopic (exact) mass is 259 g/mol. The zero-order chi connectivity index (χ0) is 13.7. The summed E-state index contributed by atoms with van der Waals surface area (Å²) in [6.07, 6.45) is 1.66. The van der Waals surface area contributed by atoms with Crippen molar-refractivity contribution in [3.05, 3.63) is 59.0 Å². The Morgan fingerprint density at radius 3 is 2.84 bits per heavy atom. The largest absolute Gasteiger partial charge is 0.468 e. The van der Waals surface area contributed by atoms with E-state index in [0.29, 0.717) is 6.54 Å². The van der Waals surface area contributed by atoms with E-state index < -0.39 is 0 Å². The average molecular weight is 259 g/mol. The highest BCUT2D eigenvalue weighted by Gasteiger charge is 2.04. The Balaban J connectivity index is 1.97. The second-order valence-electron chi connectivity index (χ2n) is 4.31. The van der Waals surface area contributed by atoms with Crippen molar-refractivity contribution >= 4 is 5.84 Å². The van der Waals surface area contributed by atoms with Gasteiger partial charge in [-0.25, -0.2) is 0 Å². The van der Waals surface area contributed by atoms with Crippen LogP contribution in [0.5, 0.6) is 0 Å². The number of amidine groups is 1. The van der Waals surface area contributed by atoms with E-state index in [1.54, 1.807) is 6.26 Å². The van der Waals surface area contributed by atoms with Crippen molar-refractivity contribution in [2.75, 3.05) is 0 Å². The summed E-state index contributed by atoms with van der Waals surface area (Å²) in [5, 5.41) is 14.9. The van der Waals surface area contributed by atoms with Crippen LogP contribution in [0.1, 0.15) is 22.5 Å². The van der Waals surface area contributed by atoms with Crippen LogP contribution in [0.15, 0.2) is 46.2 Å². The van der Waals surface area contributed by atoms with Crippen molar-refractivity contribution in [1.82, 2.24) is 5.32 Å². The highest BCUT2D eigenvalue weighted by atomic mass is 16.4. The molecule has 1 aromatic carbocycles. The van der Waals surface area contributed by atoms with Gasteiger partial charge in [0, 0.05) is 12.1 Å². The molecule has 0 bridgehead atoms. The van der Waals surface area contributed by atoms with Crippen LogP contribution in [-0.2, 0) is 13.1 Å². The molecule has 100 valence electrons. The lowest BCUT2D eigenvalue weighted by Gasteiger charge is -2.08. The Labute approximate surface area is 111 Å². The van der Waals surface area contributed by atoms with E-state index >= 15 is 0 Å². The van der Waals surface area contributed by atoms with Gasteiger partial charge in [0.2, 0.25) is 0 Å². The highest BCUT2D eigenvalue weighted by Crippen LogP contribution is 2.11. The standard InChI is InChI=1S/C14H17N3O2/c1-10-7-11(14(15)17-18)4-5-12(10)8-16-9-13-3-2-6-19-13/h2-7,16,18H,8-9H2,1H3,(H2,15,17). The van der Waals surface area contributed by atoms with Crippen LogP contribution in [0.4, 0.5) is 0 Å². The molecular weight excluding hydrogens is 242 g/mol. The highest BCUT2D eigenvalue weighted by molar-refractivity contribution is 5.97. The lowest BCUT2D eigenvalue weighted by Crippen LogP contribution is -2.15. The lowest BCUT2D eigenvalue weighted by molar-refractivity contribution is 0.318. The molecule has 0 radical (unpaired) electrons. The van der Waals surface area contributed by atoms with Crippen LogP contribution in [0.2, 0.25) is 0 Å². The predicted octanol–water partition coefficient (Wildman–Crippen LogP) is 1.97. The van der Waals surface area contributed by atoms with Gasteiger partial charge < -0.3 is 20.7 Å². The maximum absolute atomic E-state index is 8.64. The number of oxime groups is 1. The van der Waals surface area contributed by atoms with Gasteiger partial charge in [-0.15, -0.1) is 0 Å². The average Bonchev–Trinajstić information content (AvgIpc) is 2.93. The minimum Gasteiger partial charge on any atom is -0.468 e. The zero-order valence-corrected chi connectivity index (χ0v) is 10.8. The van der Waals surface area contributed by atoms with Crippen LogP contribution >= 0.6 is 0 Å². The molecule has 5 nitrogen and oxygen atoms in total. The van der Waals surface area contributed by atoms with Crippen molar-refractivity contribution in [3.63, 3.8) is 0 Å². The fourth-order valence-corrected chi connectivity index (χ4v) is 1.84. The third-order valence-electron chi connectivity index (χ3n) is 2.94. The van der Waals surface area contributed by atoms with E-state index in [9.17, 15) is 0 Å². The zero-order valence-electron chi connectivity index (χ0n) is 10.8. The minimum atomic E-state index is 0.123. The summed E-state index contributed by atoms with van der Waals surface area (Å²) in [6, 6.07) is 9.51. The number of hydrogen-bond donors (Lipinski definition) is 3. The van der Waals surface area contributed by atoms with Crippen LogP contribution in [-0.4, -0.2) is 11.0 Å². The van der Waals surface area contributed by atoms with Gasteiger partial charge in [0.05, 0.1) is 12.8 Å². The van der Waals surface area contributed by atoms with E-state index in [2.05, 4.69) is 10.5 Å². The Morgan fingerprint density at radius 1 is 1.37 bits per heavy atom. The first-order valence-corrected chi connectivity index (χ1v) is 6.01. The van der Waals surface area contributed by atoms with Crippen LogP contribution in [0.3, 0.4) is 0 Å². The Kier molecular flexibility index (Phi) is 4.20. The summed E-state index contributed by atoms with van der Waals surface area (Å²) < 4.78 is 5.24. The van der Waals surface area contributed by atoms with Crippen molar-refractivity contribution in [2.45, 2.75) is 20.0 Å². The minimum absolute atomic E-state index is 0.123. The number of hydrogen-bond acceptors (Lipinski definition) is 4. The molecule has 0 saturated heterocycles. The molecule has 19 heavy (non-hydrogen) atoms. The third kappa shape index (κ3) is 3.35. The molecule has 1 heterocycles. The number of furan rings is 1. The predicted molar refractivity (Wildman–Crippen MR) is 72.9 cm³/mol. The van der Waals surface area contributed by atoms with Gasteiger partial charge in [0.15, 0.2) is 5.84 Å². The van der Waals surface area contributed by atoms with Crippen LogP contribution < -0.4 is 11.1 Å². The molecule has 0 aliphatic heterocycles. The molecule has 0 amide bonds. The molecule has 0 unspecified atom stereocenters. The summed E-state index contributed by atoms with van der Waals surface area (Å²) in [7, 11) is 0. The van der Waals surface area contributed by atoms with Gasteiger partial charge in [-0.1, -0.05) is 17.3 Å². The Bertz CT molecular complexity index is 562. The fraction of sp³-hybridized carbons (Fsp3) is 0.214. The second-order valence-corrected chi connectivity index (χ2v) is 4.31. The van der Waals surface area contributed by atoms with Crippen molar-refractivity contribution in [1.29, 1.82) is 0 Å². The molecule has 1 aromatic heterocycles. The molecule has 0 atom stereocenters. The SMILES string of the molecule is Cc1cc(/C(N)=N/O)ccc1CNCc1ccco1. The number of nitrogens with two attached hydrogens (primary N) is 1. The number of benzene rings is 1. The maximum atomic E-state index is 8.64. The summed E-state index contributed by atoms with van der Waals surface area (Å²) in [4.78, 5) is 0. The quantitative estimate of drug-likeness (QED) is 0.332. The maximum Gasteiger partial charge on any atom is 0.170 e. The van der Waals surface area contributed by atoms with Crippen LogP contribution in [0.25, 0.3) is 0 Å². The van der Waals surface area contributed by atoms with Gasteiger partial charge in [-0.05, 0) is 36.2 Å². The lowest BCUT2D eigenvalue weighted by atomic mass is 10.0. The first-order valence-electron chi connectivity index (χ1n) is 6.01. The molecule has 0 aliphatic rings. The third-order valence-corrected chi connectivity index (χ3v) is 2.94. The molecule has 0 aliphatic carbocycles. The Morgan fingerprint density at radius 2 is 2.21 bits per heavy atom. The molecule has 4 N–H and O–H groups in total. The van der Waals surface area contributed by atoms with Crippen molar-refractivity contribution < 1.29 is 9.62 Å². The first kappa shape index (κ1) is 13.2. The van der Waals surface area contributed by atoms with Gasteiger partial charge in [-0.3, -0.25) is 0 Å². The number of nitrogens with zero attached hydrogens (tertiary/aromatic N) is 1. The molecule has 0 saturated carbocycles. The second kappa shape index (κ2) is 6.06. The molecule has 2 aromatic rings. The normalized spacial score (nSPS) is 11.7. The smallest absolute Gasteiger partial charge is 0.170 e. The van der Waals surface area contributed by atoms with E-state index in [-0.39, 0.29) is 5.84 Å². The van der Waals surface area contributed by atoms with Gasteiger partial charge >= 0.3 is 0 Å². The fourth-order valence-electron chi connectivity index (χ4n) is 1.84. The van der Waals surface area contributed by atoms with Crippen molar-refractivity contribution in [3.8, 4) is 0 Å². The van der Waals surface area contributed by atoms with Crippen LogP contribution in [0, 0.1) is 6.92 Å². The van der Waals surface area contributed by atoms with Gasteiger partial charge in [0.25, 0.3) is 0 Å². The number of nitrogens with one attached hydrogen (secondary N) is 1. The molecule has 0 fully saturated rings.